The lowest BCUT2D eigenvalue weighted by Crippen LogP contribution is -2.31. The van der Waals surface area contributed by atoms with Crippen LogP contribution >= 0.6 is 0 Å². The highest BCUT2D eigenvalue weighted by molar-refractivity contribution is 5.82. The topological polar surface area (TPSA) is 72.5 Å². The van der Waals surface area contributed by atoms with Gasteiger partial charge in [0, 0.05) is 5.18 Å². The SMILES string of the molecule is N[C@@H](Cc1ccccc1)C(=O)N=O. The van der Waals surface area contributed by atoms with Crippen molar-refractivity contribution in [2.75, 3.05) is 0 Å². The molecule has 0 bridgehead atoms. The van der Waals surface area contributed by atoms with E-state index in [1.54, 1.807) is 0 Å². The van der Waals surface area contributed by atoms with E-state index in [4.69, 9.17) is 5.73 Å². The number of nitrogens with two attached hydrogens (primary N) is 1. The third kappa shape index (κ3) is 2.76. The molecule has 0 unspecified atom stereocenters. The highest BCUT2D eigenvalue weighted by Crippen LogP contribution is 2.02. The maximum atomic E-state index is 10.7. The van der Waals surface area contributed by atoms with Gasteiger partial charge in [0.25, 0.3) is 0 Å². The summed E-state index contributed by atoms with van der Waals surface area (Å²) in [5, 5.41) is 2.27. The second-order valence-corrected chi connectivity index (χ2v) is 2.73. The van der Waals surface area contributed by atoms with E-state index in [2.05, 4.69) is 5.18 Å². The molecule has 0 heterocycles. The van der Waals surface area contributed by atoms with Crippen molar-refractivity contribution in [2.45, 2.75) is 12.5 Å². The lowest BCUT2D eigenvalue weighted by Gasteiger charge is -2.04. The molecule has 1 aromatic rings. The molecule has 4 heteroatoms. The van der Waals surface area contributed by atoms with Gasteiger partial charge < -0.3 is 5.73 Å². The van der Waals surface area contributed by atoms with Crippen LogP contribution in [0.4, 0.5) is 0 Å². The summed E-state index contributed by atoms with van der Waals surface area (Å²) in [6.07, 6.45) is 0.353. The molecular formula is C9H10N2O2. The molecule has 13 heavy (non-hydrogen) atoms. The molecular weight excluding hydrogens is 168 g/mol. The summed E-state index contributed by atoms with van der Waals surface area (Å²) in [5.74, 6) is -0.802. The molecule has 1 aromatic carbocycles. The predicted molar refractivity (Wildman–Crippen MR) is 48.9 cm³/mol. The van der Waals surface area contributed by atoms with Crippen LogP contribution in [0.2, 0.25) is 0 Å². The van der Waals surface area contributed by atoms with Crippen molar-refractivity contribution in [3.8, 4) is 0 Å². The minimum absolute atomic E-state index is 0.353. The van der Waals surface area contributed by atoms with Gasteiger partial charge in [0.2, 0.25) is 0 Å². The summed E-state index contributed by atoms with van der Waals surface area (Å²) in [6.45, 7) is 0. The molecule has 0 aromatic heterocycles. The molecule has 4 nitrogen and oxygen atoms in total. The molecule has 0 fully saturated rings. The zero-order chi connectivity index (χ0) is 9.68. The Morgan fingerprint density at radius 3 is 2.54 bits per heavy atom. The maximum Gasteiger partial charge on any atom is 0.303 e. The molecule has 2 N–H and O–H groups in total. The monoisotopic (exact) mass is 178 g/mol. The molecule has 1 amide bonds. The van der Waals surface area contributed by atoms with Crippen LogP contribution in [0.25, 0.3) is 0 Å². The first-order chi connectivity index (χ1) is 6.24. The van der Waals surface area contributed by atoms with E-state index >= 15 is 0 Å². The van der Waals surface area contributed by atoms with E-state index < -0.39 is 11.9 Å². The highest BCUT2D eigenvalue weighted by atomic mass is 16.3. The summed E-state index contributed by atoms with van der Waals surface area (Å²) in [6, 6.07) is 8.44. The number of carbonyl (C=O) groups is 1. The van der Waals surface area contributed by atoms with Gasteiger partial charge in [0.15, 0.2) is 0 Å². The number of amides is 1. The number of nitroso groups, excluding NO2 is 1. The fourth-order valence-electron chi connectivity index (χ4n) is 1.02. The largest absolute Gasteiger partial charge is 0.319 e. The number of rotatable bonds is 3. The summed E-state index contributed by atoms with van der Waals surface area (Å²) in [5.41, 5.74) is 6.34. The Morgan fingerprint density at radius 2 is 2.00 bits per heavy atom. The molecule has 0 saturated carbocycles. The van der Waals surface area contributed by atoms with Crippen molar-refractivity contribution in [3.05, 3.63) is 40.8 Å². The van der Waals surface area contributed by atoms with Crippen LogP contribution in [-0.2, 0) is 11.2 Å². The maximum absolute atomic E-state index is 10.7. The third-order valence-corrected chi connectivity index (χ3v) is 1.71. The van der Waals surface area contributed by atoms with Crippen molar-refractivity contribution < 1.29 is 4.79 Å². The molecule has 1 rings (SSSR count). The molecule has 0 aliphatic carbocycles. The van der Waals surface area contributed by atoms with Gasteiger partial charge in [0.1, 0.15) is 0 Å². The minimum atomic E-state index is -0.820. The van der Waals surface area contributed by atoms with Crippen LogP contribution in [0.3, 0.4) is 0 Å². The number of hydrogen-bond donors (Lipinski definition) is 1. The van der Waals surface area contributed by atoms with Crippen LogP contribution in [0, 0.1) is 4.91 Å². The van der Waals surface area contributed by atoms with Crippen molar-refractivity contribution in [1.82, 2.24) is 0 Å². The van der Waals surface area contributed by atoms with Crippen LogP contribution in [0.5, 0.6) is 0 Å². The Morgan fingerprint density at radius 1 is 1.38 bits per heavy atom. The summed E-state index contributed by atoms with van der Waals surface area (Å²) >= 11 is 0. The molecule has 0 saturated heterocycles. The predicted octanol–water partition coefficient (Wildman–Crippen LogP) is 0.849. The molecule has 0 spiro atoms. The summed E-state index contributed by atoms with van der Waals surface area (Å²) in [7, 11) is 0. The van der Waals surface area contributed by atoms with E-state index in [1.165, 1.54) is 0 Å². The van der Waals surface area contributed by atoms with Gasteiger partial charge in [-0.05, 0) is 12.0 Å². The molecule has 68 valence electrons. The number of nitrogens with zero attached hydrogens (tertiary/aromatic N) is 1. The van der Waals surface area contributed by atoms with Crippen molar-refractivity contribution in [3.63, 3.8) is 0 Å². The lowest BCUT2D eigenvalue weighted by molar-refractivity contribution is -0.119. The molecule has 0 radical (unpaired) electrons. The smallest absolute Gasteiger partial charge is 0.303 e. The van der Waals surface area contributed by atoms with Gasteiger partial charge in [-0.25, -0.2) is 0 Å². The summed E-state index contributed by atoms with van der Waals surface area (Å²) in [4.78, 5) is 20.6. The van der Waals surface area contributed by atoms with E-state index in [1.807, 2.05) is 30.3 Å². The normalized spacial score (nSPS) is 12.1. The number of carbonyl (C=O) groups excluding carboxylic acids is 1. The Kier molecular flexibility index (Phi) is 3.28. The zero-order valence-corrected chi connectivity index (χ0v) is 7.01. The standard InChI is InChI=1S/C9H10N2O2/c10-8(9(12)11-13)6-7-4-2-1-3-5-7/h1-5,8H,6,10H2/t8-/m0/s1. The second kappa shape index (κ2) is 4.47. The second-order valence-electron chi connectivity index (χ2n) is 2.73. The van der Waals surface area contributed by atoms with Gasteiger partial charge in [-0.2, -0.15) is 0 Å². The Hall–Kier alpha value is -1.55. The Labute approximate surface area is 75.7 Å². The van der Waals surface area contributed by atoms with Gasteiger partial charge >= 0.3 is 5.91 Å². The minimum Gasteiger partial charge on any atom is -0.319 e. The van der Waals surface area contributed by atoms with E-state index in [0.717, 1.165) is 5.56 Å². The van der Waals surface area contributed by atoms with Crippen molar-refractivity contribution in [2.24, 2.45) is 10.9 Å². The average molecular weight is 178 g/mol. The van der Waals surface area contributed by atoms with Gasteiger partial charge in [-0.3, -0.25) is 4.79 Å². The van der Waals surface area contributed by atoms with Crippen LogP contribution in [0.15, 0.2) is 35.5 Å². The van der Waals surface area contributed by atoms with Crippen molar-refractivity contribution >= 4 is 5.91 Å². The fraction of sp³-hybridized carbons (Fsp3) is 0.222. The van der Waals surface area contributed by atoms with Crippen LogP contribution in [-0.4, -0.2) is 11.9 Å². The fourth-order valence-corrected chi connectivity index (χ4v) is 1.02. The number of hydrogen-bond acceptors (Lipinski definition) is 3. The molecule has 0 aliphatic rings. The van der Waals surface area contributed by atoms with E-state index in [-0.39, 0.29) is 0 Å². The first kappa shape index (κ1) is 9.54. The quantitative estimate of drug-likeness (QED) is 0.697. The van der Waals surface area contributed by atoms with Crippen LogP contribution in [0.1, 0.15) is 5.56 Å². The Balaban J connectivity index is 2.60. The lowest BCUT2D eigenvalue weighted by atomic mass is 10.1. The van der Waals surface area contributed by atoms with Gasteiger partial charge in [0.05, 0.1) is 6.04 Å². The Bertz CT molecular complexity index is 298. The van der Waals surface area contributed by atoms with Gasteiger partial charge in [-0.1, -0.05) is 30.3 Å². The third-order valence-electron chi connectivity index (χ3n) is 1.71. The average Bonchev–Trinajstić information content (AvgIpc) is 2.18. The molecule has 1 atom stereocenters. The van der Waals surface area contributed by atoms with E-state index in [0.29, 0.717) is 6.42 Å². The zero-order valence-electron chi connectivity index (χ0n) is 7.01. The van der Waals surface area contributed by atoms with E-state index in [9.17, 15) is 9.70 Å². The first-order valence-corrected chi connectivity index (χ1v) is 3.90. The van der Waals surface area contributed by atoms with Gasteiger partial charge in [-0.15, -0.1) is 4.91 Å². The van der Waals surface area contributed by atoms with Crippen molar-refractivity contribution in [1.29, 1.82) is 0 Å². The summed E-state index contributed by atoms with van der Waals surface area (Å²) < 4.78 is 0. The first-order valence-electron chi connectivity index (χ1n) is 3.90. The number of benzene rings is 1. The molecule has 0 aliphatic heterocycles. The van der Waals surface area contributed by atoms with Crippen LogP contribution < -0.4 is 5.73 Å². The highest BCUT2D eigenvalue weighted by Gasteiger charge is 2.13.